The van der Waals surface area contributed by atoms with Gasteiger partial charge in [0, 0.05) is 5.02 Å². The lowest BCUT2D eigenvalue weighted by Gasteiger charge is -2.07. The van der Waals surface area contributed by atoms with Crippen molar-refractivity contribution in [2.45, 2.75) is 6.92 Å². The number of carbonyl (C=O) groups excluding carboxylic acids is 1. The molecule has 1 rings (SSSR count). The predicted octanol–water partition coefficient (Wildman–Crippen LogP) is 2.41. The molecule has 0 saturated carbocycles. The predicted molar refractivity (Wildman–Crippen MR) is 55.2 cm³/mol. The normalized spacial score (nSPS) is 9.29. The second-order valence-electron chi connectivity index (χ2n) is 2.48. The van der Waals surface area contributed by atoms with Gasteiger partial charge in [-0.05, 0) is 31.2 Å². The molecular weight excluding hydrogens is 204 g/mol. The molecule has 5 heteroatoms. The first-order chi connectivity index (χ1) is 6.72. The van der Waals surface area contributed by atoms with Gasteiger partial charge in [-0.1, -0.05) is 11.6 Å². The molecule has 0 heterocycles. The van der Waals surface area contributed by atoms with Crippen LogP contribution in [0.5, 0.6) is 0 Å². The quantitative estimate of drug-likeness (QED) is 0.760. The summed E-state index contributed by atoms with van der Waals surface area (Å²) in [6, 6.07) is 6.93. The topological polar surface area (TPSA) is 50.4 Å². The molecule has 0 bridgehead atoms. The molecule has 4 nitrogen and oxygen atoms in total. The van der Waals surface area contributed by atoms with Gasteiger partial charge < -0.3 is 4.74 Å². The molecule has 0 aromatic heterocycles. The van der Waals surface area contributed by atoms with Crippen LogP contribution in [0.4, 0.5) is 10.5 Å². The summed E-state index contributed by atoms with van der Waals surface area (Å²) in [7, 11) is 0. The monoisotopic (exact) mass is 214 g/mol. The molecule has 0 aliphatic rings. The Bertz CT molecular complexity index is 300. The van der Waals surface area contributed by atoms with Crippen LogP contribution in [0.15, 0.2) is 24.3 Å². The average molecular weight is 215 g/mol. The minimum atomic E-state index is -0.512. The zero-order valence-electron chi connectivity index (χ0n) is 7.71. The fourth-order valence-corrected chi connectivity index (χ4v) is 0.950. The van der Waals surface area contributed by atoms with Crippen LogP contribution < -0.4 is 10.9 Å². The Morgan fingerprint density at radius 2 is 2.07 bits per heavy atom. The summed E-state index contributed by atoms with van der Waals surface area (Å²) >= 11 is 5.68. The maximum absolute atomic E-state index is 10.9. The van der Waals surface area contributed by atoms with E-state index in [1.54, 1.807) is 31.2 Å². The second-order valence-corrected chi connectivity index (χ2v) is 2.91. The number of halogens is 1. The molecule has 0 radical (unpaired) electrons. The molecule has 1 aromatic rings. The van der Waals surface area contributed by atoms with Crippen LogP contribution in [0, 0.1) is 0 Å². The first kappa shape index (κ1) is 10.7. The van der Waals surface area contributed by atoms with E-state index in [9.17, 15) is 4.79 Å². The van der Waals surface area contributed by atoms with Crippen molar-refractivity contribution in [1.82, 2.24) is 5.43 Å². The van der Waals surface area contributed by atoms with Crippen LogP contribution in [0.25, 0.3) is 0 Å². The van der Waals surface area contributed by atoms with Crippen molar-refractivity contribution >= 4 is 23.4 Å². The number of rotatable bonds is 3. The summed E-state index contributed by atoms with van der Waals surface area (Å²) in [4.78, 5) is 10.9. The number of nitrogens with one attached hydrogen (secondary N) is 2. The van der Waals surface area contributed by atoms with Gasteiger partial charge in [0.05, 0.1) is 12.3 Å². The highest BCUT2D eigenvalue weighted by molar-refractivity contribution is 6.30. The van der Waals surface area contributed by atoms with Gasteiger partial charge in [-0.15, -0.1) is 0 Å². The number of anilines is 1. The highest BCUT2D eigenvalue weighted by Crippen LogP contribution is 2.12. The number of hydrogen-bond donors (Lipinski definition) is 2. The largest absolute Gasteiger partial charge is 0.449 e. The van der Waals surface area contributed by atoms with Crippen LogP contribution in [-0.4, -0.2) is 12.7 Å². The van der Waals surface area contributed by atoms with Gasteiger partial charge in [0.25, 0.3) is 0 Å². The van der Waals surface area contributed by atoms with Gasteiger partial charge in [0.1, 0.15) is 0 Å². The van der Waals surface area contributed by atoms with Crippen molar-refractivity contribution in [3.8, 4) is 0 Å². The van der Waals surface area contributed by atoms with Crippen molar-refractivity contribution in [2.24, 2.45) is 0 Å². The Kier molecular flexibility index (Phi) is 4.07. The zero-order chi connectivity index (χ0) is 10.4. The Morgan fingerprint density at radius 1 is 1.43 bits per heavy atom. The Morgan fingerprint density at radius 3 is 2.64 bits per heavy atom. The molecule has 14 heavy (non-hydrogen) atoms. The van der Waals surface area contributed by atoms with Gasteiger partial charge in [0.15, 0.2) is 0 Å². The Labute approximate surface area is 87.2 Å². The molecule has 0 spiro atoms. The summed E-state index contributed by atoms with van der Waals surface area (Å²) in [6.45, 7) is 2.08. The number of amides is 1. The fourth-order valence-electron chi connectivity index (χ4n) is 0.824. The first-order valence-electron chi connectivity index (χ1n) is 4.16. The molecule has 76 valence electrons. The van der Waals surface area contributed by atoms with E-state index in [4.69, 9.17) is 11.6 Å². The average Bonchev–Trinajstić information content (AvgIpc) is 2.17. The zero-order valence-corrected chi connectivity index (χ0v) is 8.47. The van der Waals surface area contributed by atoms with E-state index in [1.165, 1.54) is 0 Å². The lowest BCUT2D eigenvalue weighted by Crippen LogP contribution is -2.29. The SMILES string of the molecule is CCOC(=O)NNc1ccc(Cl)cc1. The third-order valence-corrected chi connectivity index (χ3v) is 1.68. The lowest BCUT2D eigenvalue weighted by molar-refractivity contribution is 0.154. The van der Waals surface area contributed by atoms with E-state index >= 15 is 0 Å². The van der Waals surface area contributed by atoms with Crippen molar-refractivity contribution in [3.63, 3.8) is 0 Å². The van der Waals surface area contributed by atoms with Gasteiger partial charge in [-0.25, -0.2) is 10.2 Å². The van der Waals surface area contributed by atoms with Crippen molar-refractivity contribution < 1.29 is 9.53 Å². The third kappa shape index (κ3) is 3.53. The van der Waals surface area contributed by atoms with Gasteiger partial charge in [0.2, 0.25) is 0 Å². The smallest absolute Gasteiger partial charge is 0.425 e. The highest BCUT2D eigenvalue weighted by atomic mass is 35.5. The summed E-state index contributed by atoms with van der Waals surface area (Å²) in [5.41, 5.74) is 5.78. The van der Waals surface area contributed by atoms with Gasteiger partial charge in [-0.3, -0.25) is 5.43 Å². The molecule has 0 unspecified atom stereocenters. The maximum Gasteiger partial charge on any atom is 0.425 e. The summed E-state index contributed by atoms with van der Waals surface area (Å²) < 4.78 is 4.65. The summed E-state index contributed by atoms with van der Waals surface area (Å²) in [6.07, 6.45) is -0.512. The third-order valence-electron chi connectivity index (χ3n) is 1.43. The van der Waals surface area contributed by atoms with E-state index < -0.39 is 6.09 Å². The van der Waals surface area contributed by atoms with E-state index in [1.807, 2.05) is 0 Å². The molecule has 0 fully saturated rings. The number of benzene rings is 1. The van der Waals surface area contributed by atoms with Crippen LogP contribution in [-0.2, 0) is 4.74 Å². The molecule has 2 N–H and O–H groups in total. The van der Waals surface area contributed by atoms with Crippen molar-refractivity contribution in [1.29, 1.82) is 0 Å². The summed E-state index contributed by atoms with van der Waals surface area (Å²) in [5.74, 6) is 0. The van der Waals surface area contributed by atoms with E-state index in [0.717, 1.165) is 5.69 Å². The van der Waals surface area contributed by atoms with E-state index in [-0.39, 0.29) is 0 Å². The molecule has 0 atom stereocenters. The molecule has 1 aromatic carbocycles. The molecule has 1 amide bonds. The number of ether oxygens (including phenoxy) is 1. The van der Waals surface area contributed by atoms with Gasteiger partial charge >= 0.3 is 6.09 Å². The van der Waals surface area contributed by atoms with Crippen LogP contribution in [0.3, 0.4) is 0 Å². The lowest BCUT2D eigenvalue weighted by atomic mass is 10.3. The Hall–Kier alpha value is -1.42. The number of carbonyl (C=O) groups is 1. The highest BCUT2D eigenvalue weighted by Gasteiger charge is 1.98. The van der Waals surface area contributed by atoms with Gasteiger partial charge in [-0.2, -0.15) is 0 Å². The van der Waals surface area contributed by atoms with Crippen LogP contribution in [0.2, 0.25) is 5.02 Å². The molecule has 0 aliphatic heterocycles. The summed E-state index contributed by atoms with van der Waals surface area (Å²) in [5, 5.41) is 0.645. The van der Waals surface area contributed by atoms with Crippen molar-refractivity contribution in [3.05, 3.63) is 29.3 Å². The van der Waals surface area contributed by atoms with Crippen LogP contribution in [0.1, 0.15) is 6.92 Å². The second kappa shape index (κ2) is 5.34. The van der Waals surface area contributed by atoms with Crippen molar-refractivity contribution in [2.75, 3.05) is 12.0 Å². The Balaban J connectivity index is 2.38. The molecular formula is C9H11ClN2O2. The van der Waals surface area contributed by atoms with Crippen LogP contribution >= 0.6 is 11.6 Å². The minimum absolute atomic E-state index is 0.341. The number of hydrogen-bond acceptors (Lipinski definition) is 3. The maximum atomic E-state index is 10.9. The number of hydrazine groups is 1. The standard InChI is InChI=1S/C9H11ClN2O2/c1-2-14-9(13)12-11-8-5-3-7(10)4-6-8/h3-6,11H,2H2,1H3,(H,12,13). The minimum Gasteiger partial charge on any atom is -0.449 e. The molecule has 0 saturated heterocycles. The molecule has 0 aliphatic carbocycles. The fraction of sp³-hybridized carbons (Fsp3) is 0.222. The first-order valence-corrected chi connectivity index (χ1v) is 4.54. The van der Waals surface area contributed by atoms with E-state index in [0.29, 0.717) is 11.6 Å². The van der Waals surface area contributed by atoms with E-state index in [2.05, 4.69) is 15.6 Å².